The van der Waals surface area contributed by atoms with E-state index in [-0.39, 0.29) is 11.4 Å². The number of carbonyl (C=O) groups is 1. The first-order valence-corrected chi connectivity index (χ1v) is 11.7. The summed E-state index contributed by atoms with van der Waals surface area (Å²) in [4.78, 5) is 20.3. The first-order valence-electron chi connectivity index (χ1n) is 10.9. The van der Waals surface area contributed by atoms with E-state index < -0.39 is 0 Å². The van der Waals surface area contributed by atoms with E-state index >= 15 is 0 Å². The molecule has 2 aliphatic heterocycles. The Hall–Kier alpha value is -1.54. The summed E-state index contributed by atoms with van der Waals surface area (Å²) in [6, 6.07) is 8.39. The lowest BCUT2D eigenvalue weighted by Crippen LogP contribution is -3.22. The van der Waals surface area contributed by atoms with E-state index in [1.165, 1.54) is 19.5 Å². The average molecular weight is 419 g/mol. The third-order valence-corrected chi connectivity index (χ3v) is 7.74. The Balaban J connectivity index is 1.22. The van der Waals surface area contributed by atoms with E-state index in [0.29, 0.717) is 12.5 Å². The highest BCUT2D eigenvalue weighted by atomic mass is 32.1. The number of likely N-dealkylation sites (tertiary alicyclic amines) is 1. The molecule has 1 aromatic heterocycles. The normalized spacial score (nSPS) is 23.9. The summed E-state index contributed by atoms with van der Waals surface area (Å²) in [7, 11) is 0. The zero-order chi connectivity index (χ0) is 20.3. The second-order valence-electron chi connectivity index (χ2n) is 9.10. The maximum atomic E-state index is 12.5. The molecule has 0 radical (unpaired) electrons. The van der Waals surface area contributed by atoms with Crippen LogP contribution >= 0.6 is 11.3 Å². The summed E-state index contributed by atoms with van der Waals surface area (Å²) in [5.41, 5.74) is 1.17. The van der Waals surface area contributed by atoms with Crippen LogP contribution in [0.15, 0.2) is 24.3 Å². The molecule has 2 aliphatic rings. The van der Waals surface area contributed by atoms with Gasteiger partial charge < -0.3 is 19.9 Å². The Morgan fingerprint density at radius 1 is 1.21 bits per heavy atom. The Bertz CT molecular complexity index is 790. The minimum absolute atomic E-state index is 0.0502. The minimum Gasteiger partial charge on any atom is -0.370 e. The first kappa shape index (κ1) is 20.7. The van der Waals surface area contributed by atoms with Crippen molar-refractivity contribution in [3.63, 3.8) is 0 Å². The number of fused-ring (bicyclic) bond motifs is 1. The zero-order valence-electron chi connectivity index (χ0n) is 17.6. The van der Waals surface area contributed by atoms with Crippen LogP contribution in [0.5, 0.6) is 0 Å². The summed E-state index contributed by atoms with van der Waals surface area (Å²) in [6.07, 6.45) is 2.23. The highest BCUT2D eigenvalue weighted by Crippen LogP contribution is 2.31. The molecule has 2 saturated heterocycles. The molecule has 3 N–H and O–H groups in total. The highest BCUT2D eigenvalue weighted by Gasteiger charge is 2.33. The largest absolute Gasteiger partial charge is 0.370 e. The molecule has 0 aliphatic carbocycles. The van der Waals surface area contributed by atoms with Crippen LogP contribution in [0.25, 0.3) is 10.2 Å². The number of hydrogen-bond acceptors (Lipinski definition) is 4. The average Bonchev–Trinajstić information content (AvgIpc) is 3.18. The van der Waals surface area contributed by atoms with Gasteiger partial charge in [0.15, 0.2) is 6.54 Å². The van der Waals surface area contributed by atoms with Crippen molar-refractivity contribution in [1.82, 2.24) is 10.3 Å². The maximum absolute atomic E-state index is 12.5. The van der Waals surface area contributed by atoms with E-state index in [1.54, 1.807) is 0 Å². The lowest BCUT2D eigenvalue weighted by Gasteiger charge is -2.37. The molecule has 158 valence electrons. The smallest absolute Gasteiger partial charge is 0.275 e. The number of morpholine rings is 1. The third-order valence-electron chi connectivity index (χ3n) is 6.54. The summed E-state index contributed by atoms with van der Waals surface area (Å²) in [5.74, 6) is 0.724. The fraction of sp³-hybridized carbons (Fsp3) is 0.636. The van der Waals surface area contributed by atoms with Gasteiger partial charge in [-0.1, -0.05) is 12.1 Å². The van der Waals surface area contributed by atoms with Gasteiger partial charge in [-0.3, -0.25) is 4.79 Å². The van der Waals surface area contributed by atoms with Crippen molar-refractivity contribution in [3.05, 3.63) is 29.3 Å². The fourth-order valence-electron chi connectivity index (χ4n) is 4.54. The van der Waals surface area contributed by atoms with Gasteiger partial charge in [-0.05, 0) is 26.0 Å². The molecule has 29 heavy (non-hydrogen) atoms. The number of carbonyl (C=O) groups excluding carboxylic acids is 1. The molecule has 0 spiro atoms. The van der Waals surface area contributed by atoms with Crippen LogP contribution in [0.2, 0.25) is 0 Å². The van der Waals surface area contributed by atoms with Gasteiger partial charge in [-0.2, -0.15) is 0 Å². The number of hydrogen-bond donors (Lipinski definition) is 3. The van der Waals surface area contributed by atoms with Gasteiger partial charge in [-0.15, -0.1) is 11.3 Å². The summed E-state index contributed by atoms with van der Waals surface area (Å²) >= 11 is 1.83. The Kier molecular flexibility index (Phi) is 6.49. The predicted octanol–water partition coefficient (Wildman–Crippen LogP) is -0.131. The van der Waals surface area contributed by atoms with Gasteiger partial charge >= 0.3 is 0 Å². The number of benzene rings is 1. The van der Waals surface area contributed by atoms with Crippen LogP contribution in [0, 0.1) is 0 Å². The number of para-hydroxylation sites is 1. The van der Waals surface area contributed by atoms with E-state index in [9.17, 15) is 4.79 Å². The topological polar surface area (TPSA) is 60.1 Å². The predicted molar refractivity (Wildman–Crippen MR) is 116 cm³/mol. The van der Waals surface area contributed by atoms with E-state index in [0.717, 1.165) is 64.3 Å². The summed E-state index contributed by atoms with van der Waals surface area (Å²) in [6.45, 7) is 11.6. The molecule has 1 amide bonds. The van der Waals surface area contributed by atoms with Crippen molar-refractivity contribution in [3.8, 4) is 0 Å². The standard InChI is InChI=1S/C22H32N4O2S/c1-22(2,26-11-13-28-14-12-26)16-23-20(27)15-25-9-7-17(8-10-25)21-24-18-5-3-4-6-19(18)29-21/h3-6,17H,7-16H2,1-2H3,(H,23,27)/p+2. The number of quaternary nitrogens is 2. The summed E-state index contributed by atoms with van der Waals surface area (Å²) in [5, 5.41) is 4.46. The lowest BCUT2D eigenvalue weighted by atomic mass is 9.97. The van der Waals surface area contributed by atoms with Crippen LogP contribution in [0.4, 0.5) is 0 Å². The number of rotatable bonds is 6. The first-order chi connectivity index (χ1) is 14.0. The lowest BCUT2D eigenvalue weighted by molar-refractivity contribution is -0.954. The van der Waals surface area contributed by atoms with Gasteiger partial charge in [-0.25, -0.2) is 4.98 Å². The molecule has 0 atom stereocenters. The van der Waals surface area contributed by atoms with Crippen LogP contribution in [0.1, 0.15) is 37.6 Å². The monoisotopic (exact) mass is 418 g/mol. The van der Waals surface area contributed by atoms with E-state index in [2.05, 4.69) is 43.4 Å². The third kappa shape index (κ3) is 5.15. The molecule has 0 unspecified atom stereocenters. The van der Waals surface area contributed by atoms with Gasteiger partial charge in [0.2, 0.25) is 0 Å². The van der Waals surface area contributed by atoms with Crippen LogP contribution in [0.3, 0.4) is 0 Å². The molecule has 6 nitrogen and oxygen atoms in total. The van der Waals surface area contributed by atoms with Crippen molar-refractivity contribution in [2.45, 2.75) is 38.1 Å². The van der Waals surface area contributed by atoms with Crippen molar-refractivity contribution < 1.29 is 19.3 Å². The Morgan fingerprint density at radius 3 is 2.66 bits per heavy atom. The van der Waals surface area contributed by atoms with E-state index in [4.69, 9.17) is 9.72 Å². The van der Waals surface area contributed by atoms with Crippen LogP contribution in [-0.2, 0) is 9.53 Å². The number of piperidine rings is 1. The number of thiazole rings is 1. The number of nitrogens with one attached hydrogen (secondary N) is 3. The molecule has 3 heterocycles. The Labute approximate surface area is 177 Å². The van der Waals surface area contributed by atoms with Gasteiger partial charge in [0, 0.05) is 18.8 Å². The molecule has 4 rings (SSSR count). The molecular weight excluding hydrogens is 384 g/mol. The molecular formula is C22H34N4O2S+2. The second-order valence-corrected chi connectivity index (χ2v) is 10.2. The van der Waals surface area contributed by atoms with Crippen LogP contribution < -0.4 is 15.1 Å². The van der Waals surface area contributed by atoms with E-state index in [1.807, 2.05) is 11.3 Å². The molecule has 1 aromatic carbocycles. The highest BCUT2D eigenvalue weighted by molar-refractivity contribution is 7.18. The van der Waals surface area contributed by atoms with Crippen LogP contribution in [-0.4, -0.2) is 68.9 Å². The SMILES string of the molecule is CC(C)(CNC(=O)C[NH+]1CCC(c2nc3ccccc3s2)CC1)[NH+]1CCOCC1. The molecule has 7 heteroatoms. The number of amides is 1. The second kappa shape index (κ2) is 9.08. The number of aromatic nitrogens is 1. The van der Waals surface area contributed by atoms with Crippen molar-refractivity contribution in [2.24, 2.45) is 0 Å². The maximum Gasteiger partial charge on any atom is 0.275 e. The minimum atomic E-state index is 0.0502. The number of ether oxygens (including phenoxy) is 1. The van der Waals surface area contributed by atoms with Gasteiger partial charge in [0.1, 0.15) is 18.6 Å². The molecule has 2 aromatic rings. The van der Waals surface area contributed by atoms with Gasteiger partial charge in [0.05, 0.1) is 48.1 Å². The fourth-order valence-corrected chi connectivity index (χ4v) is 5.68. The zero-order valence-corrected chi connectivity index (χ0v) is 18.4. The van der Waals surface area contributed by atoms with Crippen molar-refractivity contribution >= 4 is 27.5 Å². The van der Waals surface area contributed by atoms with Crippen molar-refractivity contribution in [2.75, 3.05) is 52.5 Å². The van der Waals surface area contributed by atoms with Crippen molar-refractivity contribution in [1.29, 1.82) is 0 Å². The Morgan fingerprint density at radius 2 is 1.93 bits per heavy atom. The quantitative estimate of drug-likeness (QED) is 0.613. The van der Waals surface area contributed by atoms with Gasteiger partial charge in [0.25, 0.3) is 5.91 Å². The molecule has 0 bridgehead atoms. The molecule has 0 saturated carbocycles. The summed E-state index contributed by atoms with van der Waals surface area (Å²) < 4.78 is 6.74. The molecule has 2 fully saturated rings. The number of nitrogens with zero attached hydrogens (tertiary/aromatic N) is 1.